The van der Waals surface area contributed by atoms with Crippen molar-refractivity contribution in [1.29, 1.82) is 0 Å². The number of amides is 1. The van der Waals surface area contributed by atoms with Gasteiger partial charge in [-0.2, -0.15) is 4.72 Å². The molecule has 2 rings (SSSR count). The van der Waals surface area contributed by atoms with E-state index >= 15 is 0 Å². The Balaban J connectivity index is 2.29. The van der Waals surface area contributed by atoms with Crippen LogP contribution in [-0.2, 0) is 32.4 Å². The van der Waals surface area contributed by atoms with Crippen LogP contribution in [0.4, 0.5) is 4.39 Å². The third kappa shape index (κ3) is 6.10. The maximum absolute atomic E-state index is 13.7. The van der Waals surface area contributed by atoms with E-state index in [1.165, 1.54) is 30.5 Å². The van der Waals surface area contributed by atoms with Gasteiger partial charge in [0.2, 0.25) is 0 Å². The molecular weight excluding hydrogens is 417 g/mol. The highest BCUT2D eigenvalue weighted by molar-refractivity contribution is 7.90. The van der Waals surface area contributed by atoms with E-state index < -0.39 is 39.5 Å². The van der Waals surface area contributed by atoms with Gasteiger partial charge in [-0.05, 0) is 29.8 Å². The van der Waals surface area contributed by atoms with Gasteiger partial charge >= 0.3 is 0 Å². The van der Waals surface area contributed by atoms with Crippen molar-refractivity contribution in [1.82, 2.24) is 4.72 Å². The lowest BCUT2D eigenvalue weighted by atomic mass is 10.0. The predicted octanol–water partition coefficient (Wildman–Crippen LogP) is 2.26. The van der Waals surface area contributed by atoms with Crippen LogP contribution < -0.4 is 9.46 Å². The van der Waals surface area contributed by atoms with E-state index in [0.717, 1.165) is 6.26 Å². The van der Waals surface area contributed by atoms with Gasteiger partial charge in [0.1, 0.15) is 17.8 Å². The first-order valence-corrected chi connectivity index (χ1v) is 11.4. The van der Waals surface area contributed by atoms with Crippen molar-refractivity contribution in [3.05, 3.63) is 58.4 Å². The SMILES string of the molecule is C[S+]([O-])NC(=O)COc1ccc(F)cc1Cc1cccc(S(C)(=O)=O)c1Cl. The van der Waals surface area contributed by atoms with Crippen molar-refractivity contribution in [2.24, 2.45) is 0 Å². The maximum atomic E-state index is 13.7. The molecule has 0 radical (unpaired) electrons. The molecule has 0 aromatic heterocycles. The fraction of sp³-hybridized carbons (Fsp3) is 0.235. The number of nitrogens with one attached hydrogen (secondary N) is 1. The van der Waals surface area contributed by atoms with Crippen molar-refractivity contribution in [2.45, 2.75) is 11.3 Å². The number of rotatable bonds is 7. The lowest BCUT2D eigenvalue weighted by Gasteiger charge is -2.13. The molecule has 146 valence electrons. The molecular formula is C17H17ClFNO5S2. The average molecular weight is 434 g/mol. The number of carbonyl (C=O) groups is 1. The zero-order valence-corrected chi connectivity index (χ0v) is 16.9. The van der Waals surface area contributed by atoms with Crippen molar-refractivity contribution < 1.29 is 26.9 Å². The molecule has 0 spiro atoms. The number of halogens is 2. The minimum Gasteiger partial charge on any atom is -0.593 e. The van der Waals surface area contributed by atoms with Crippen LogP contribution in [-0.4, -0.2) is 38.0 Å². The highest BCUT2D eigenvalue weighted by Crippen LogP contribution is 2.30. The van der Waals surface area contributed by atoms with E-state index in [4.69, 9.17) is 16.3 Å². The average Bonchev–Trinajstić information content (AvgIpc) is 2.54. The third-order valence-electron chi connectivity index (χ3n) is 3.46. The Morgan fingerprint density at radius 3 is 2.63 bits per heavy atom. The van der Waals surface area contributed by atoms with Crippen LogP contribution in [0.25, 0.3) is 0 Å². The Labute approximate surface area is 164 Å². The molecule has 6 nitrogen and oxygen atoms in total. The summed E-state index contributed by atoms with van der Waals surface area (Å²) in [6, 6.07) is 8.30. The first kappa shape index (κ1) is 21.5. The van der Waals surface area contributed by atoms with Gasteiger partial charge in [0.05, 0.1) is 21.3 Å². The van der Waals surface area contributed by atoms with Crippen LogP contribution in [0.2, 0.25) is 5.02 Å². The molecule has 0 fully saturated rings. The lowest BCUT2D eigenvalue weighted by Crippen LogP contribution is -2.33. The number of ether oxygens (including phenoxy) is 1. The molecule has 2 aromatic carbocycles. The normalized spacial score (nSPS) is 12.5. The van der Waals surface area contributed by atoms with Crippen molar-refractivity contribution in [3.8, 4) is 5.75 Å². The highest BCUT2D eigenvalue weighted by Gasteiger charge is 2.17. The highest BCUT2D eigenvalue weighted by atomic mass is 35.5. The quantitative estimate of drug-likeness (QED) is 0.676. The van der Waals surface area contributed by atoms with Crippen molar-refractivity contribution >= 4 is 38.7 Å². The summed E-state index contributed by atoms with van der Waals surface area (Å²) in [5.74, 6) is -0.885. The summed E-state index contributed by atoms with van der Waals surface area (Å²) < 4.78 is 55.8. The van der Waals surface area contributed by atoms with Gasteiger partial charge in [-0.3, -0.25) is 4.79 Å². The Kier molecular flexibility index (Phi) is 7.10. The number of benzene rings is 2. The van der Waals surface area contributed by atoms with Gasteiger partial charge in [0, 0.05) is 18.2 Å². The second-order valence-electron chi connectivity index (χ2n) is 5.70. The summed E-state index contributed by atoms with van der Waals surface area (Å²) in [5, 5.41) is 0.0503. The van der Waals surface area contributed by atoms with Crippen molar-refractivity contribution in [3.63, 3.8) is 0 Å². The minimum absolute atomic E-state index is 0.0228. The summed E-state index contributed by atoms with van der Waals surface area (Å²) in [6.45, 7) is -0.407. The molecule has 2 aromatic rings. The summed E-state index contributed by atoms with van der Waals surface area (Å²) in [6.07, 6.45) is 2.44. The van der Waals surface area contributed by atoms with Crippen LogP contribution in [0.1, 0.15) is 11.1 Å². The maximum Gasteiger partial charge on any atom is 0.298 e. The second-order valence-corrected chi connectivity index (χ2v) is 9.17. The molecule has 1 amide bonds. The number of sulfone groups is 1. The smallest absolute Gasteiger partial charge is 0.298 e. The number of carbonyl (C=O) groups excluding carboxylic acids is 1. The van der Waals surface area contributed by atoms with E-state index in [9.17, 15) is 22.2 Å². The molecule has 1 unspecified atom stereocenters. The van der Waals surface area contributed by atoms with Crippen LogP contribution in [0, 0.1) is 5.82 Å². The topological polar surface area (TPSA) is 95.5 Å². The molecule has 1 atom stereocenters. The first-order chi connectivity index (χ1) is 12.6. The van der Waals surface area contributed by atoms with Gasteiger partial charge in [0.15, 0.2) is 16.4 Å². The molecule has 10 heteroatoms. The van der Waals surface area contributed by atoms with E-state index in [0.29, 0.717) is 11.1 Å². The molecule has 0 bridgehead atoms. The summed E-state index contributed by atoms with van der Waals surface area (Å²) >= 11 is 4.69. The second kappa shape index (κ2) is 8.92. The molecule has 0 aliphatic heterocycles. The fourth-order valence-corrected chi connectivity index (χ4v) is 4.12. The Morgan fingerprint density at radius 2 is 2.00 bits per heavy atom. The van der Waals surface area contributed by atoms with Crippen molar-refractivity contribution in [2.75, 3.05) is 19.1 Å². The summed E-state index contributed by atoms with van der Waals surface area (Å²) in [5.41, 5.74) is 0.849. The van der Waals surface area contributed by atoms with E-state index in [-0.39, 0.29) is 22.1 Å². The Hall–Kier alpha value is -1.81. The predicted molar refractivity (Wildman–Crippen MR) is 101 cm³/mol. The van der Waals surface area contributed by atoms with Crippen LogP contribution in [0.3, 0.4) is 0 Å². The van der Waals surface area contributed by atoms with Crippen LogP contribution in [0.5, 0.6) is 5.75 Å². The number of hydrogen-bond acceptors (Lipinski definition) is 5. The molecule has 0 heterocycles. The summed E-state index contributed by atoms with van der Waals surface area (Å²) in [4.78, 5) is 11.6. The molecule has 0 saturated heterocycles. The van der Waals surface area contributed by atoms with E-state index in [1.807, 2.05) is 0 Å². The van der Waals surface area contributed by atoms with E-state index in [1.54, 1.807) is 12.1 Å². The van der Waals surface area contributed by atoms with Gasteiger partial charge in [-0.25, -0.2) is 12.8 Å². The lowest BCUT2D eigenvalue weighted by molar-refractivity contribution is -0.121. The zero-order valence-electron chi connectivity index (χ0n) is 14.5. The fourth-order valence-electron chi connectivity index (χ4n) is 2.34. The summed E-state index contributed by atoms with van der Waals surface area (Å²) in [7, 11) is -3.52. The third-order valence-corrected chi connectivity index (χ3v) is 5.68. The standard InChI is InChI=1S/C17H17ClFNO5S2/c1-26(22)20-16(21)10-25-14-7-6-13(19)9-12(14)8-11-4-3-5-15(17(11)18)27(2,23)24/h3-7,9H,8,10H2,1-2H3,(H,20,21). The molecule has 1 N–H and O–H groups in total. The van der Waals surface area contributed by atoms with Gasteiger partial charge < -0.3 is 9.29 Å². The monoisotopic (exact) mass is 433 g/mol. The first-order valence-electron chi connectivity index (χ1n) is 7.59. The Bertz CT molecular complexity index is 950. The van der Waals surface area contributed by atoms with Crippen LogP contribution >= 0.6 is 11.6 Å². The molecule has 27 heavy (non-hydrogen) atoms. The van der Waals surface area contributed by atoms with Crippen LogP contribution in [0.15, 0.2) is 41.3 Å². The molecule has 0 aliphatic carbocycles. The molecule has 0 aliphatic rings. The zero-order chi connectivity index (χ0) is 20.2. The van der Waals surface area contributed by atoms with E-state index in [2.05, 4.69) is 4.72 Å². The van der Waals surface area contributed by atoms with Gasteiger partial charge in [0.25, 0.3) is 5.91 Å². The number of hydrogen-bond donors (Lipinski definition) is 1. The Morgan fingerprint density at radius 1 is 1.30 bits per heavy atom. The van der Waals surface area contributed by atoms with Gasteiger partial charge in [-0.1, -0.05) is 23.7 Å². The largest absolute Gasteiger partial charge is 0.593 e. The minimum atomic E-state index is -3.52. The van der Waals surface area contributed by atoms with Gasteiger partial charge in [-0.15, -0.1) is 0 Å². The molecule has 0 saturated carbocycles.